The van der Waals surface area contributed by atoms with Crippen molar-refractivity contribution < 1.29 is 4.74 Å². The topological polar surface area (TPSA) is 45.0 Å². The minimum atomic E-state index is 0.343. The van der Waals surface area contributed by atoms with Crippen molar-refractivity contribution in [2.75, 3.05) is 13.2 Å². The standard InChI is InChI=1S/C11H20N2O/c1-3-11(4-6-12)13-9(2)10-5-7-14-8-10/h9-11,13H,3-5,7-8H2,1-2H3. The Bertz CT molecular complexity index is 194. The van der Waals surface area contributed by atoms with Crippen molar-refractivity contribution in [1.82, 2.24) is 5.32 Å². The number of ether oxygens (including phenoxy) is 1. The van der Waals surface area contributed by atoms with Crippen molar-refractivity contribution in [1.29, 1.82) is 5.26 Å². The van der Waals surface area contributed by atoms with Gasteiger partial charge < -0.3 is 10.1 Å². The summed E-state index contributed by atoms with van der Waals surface area (Å²) < 4.78 is 5.35. The van der Waals surface area contributed by atoms with Crippen LogP contribution in [0.4, 0.5) is 0 Å². The van der Waals surface area contributed by atoms with Gasteiger partial charge in [0.05, 0.1) is 19.1 Å². The highest BCUT2D eigenvalue weighted by molar-refractivity contribution is 4.84. The number of nitrogens with one attached hydrogen (secondary N) is 1. The highest BCUT2D eigenvalue weighted by Gasteiger charge is 2.23. The molecule has 80 valence electrons. The first-order valence-electron chi connectivity index (χ1n) is 5.48. The second-order valence-electron chi connectivity index (χ2n) is 4.05. The fourth-order valence-electron chi connectivity index (χ4n) is 1.89. The van der Waals surface area contributed by atoms with Gasteiger partial charge in [0.15, 0.2) is 0 Å². The van der Waals surface area contributed by atoms with Gasteiger partial charge in [-0.05, 0) is 25.7 Å². The highest BCUT2D eigenvalue weighted by Crippen LogP contribution is 2.17. The first-order chi connectivity index (χ1) is 6.77. The van der Waals surface area contributed by atoms with Crippen molar-refractivity contribution in [3.05, 3.63) is 0 Å². The van der Waals surface area contributed by atoms with E-state index in [1.165, 1.54) is 0 Å². The molecule has 1 saturated heterocycles. The maximum absolute atomic E-state index is 8.63. The van der Waals surface area contributed by atoms with Gasteiger partial charge in [-0.1, -0.05) is 6.92 Å². The SMILES string of the molecule is CCC(CC#N)NC(C)C1CCOC1. The Labute approximate surface area is 86.4 Å². The lowest BCUT2D eigenvalue weighted by Crippen LogP contribution is -2.40. The fraction of sp³-hybridized carbons (Fsp3) is 0.909. The number of nitriles is 1. The van der Waals surface area contributed by atoms with Crippen LogP contribution in [0.1, 0.15) is 33.1 Å². The lowest BCUT2D eigenvalue weighted by molar-refractivity contribution is 0.176. The molecule has 0 aromatic rings. The molecule has 0 bridgehead atoms. The van der Waals surface area contributed by atoms with Gasteiger partial charge >= 0.3 is 0 Å². The van der Waals surface area contributed by atoms with Crippen LogP contribution in [-0.2, 0) is 4.74 Å². The second-order valence-corrected chi connectivity index (χ2v) is 4.05. The van der Waals surface area contributed by atoms with Gasteiger partial charge in [0.2, 0.25) is 0 Å². The molecule has 0 aromatic heterocycles. The Hall–Kier alpha value is -0.590. The van der Waals surface area contributed by atoms with Crippen LogP contribution >= 0.6 is 0 Å². The van der Waals surface area contributed by atoms with Crippen LogP contribution in [0.15, 0.2) is 0 Å². The largest absolute Gasteiger partial charge is 0.381 e. The monoisotopic (exact) mass is 196 g/mol. The molecule has 14 heavy (non-hydrogen) atoms. The summed E-state index contributed by atoms with van der Waals surface area (Å²) in [6.07, 6.45) is 2.77. The zero-order valence-corrected chi connectivity index (χ0v) is 9.12. The fourth-order valence-corrected chi connectivity index (χ4v) is 1.89. The minimum Gasteiger partial charge on any atom is -0.381 e. The Morgan fingerprint density at radius 3 is 2.93 bits per heavy atom. The van der Waals surface area contributed by atoms with E-state index in [2.05, 4.69) is 25.2 Å². The van der Waals surface area contributed by atoms with Crippen LogP contribution < -0.4 is 5.32 Å². The molecule has 3 atom stereocenters. The van der Waals surface area contributed by atoms with E-state index in [9.17, 15) is 0 Å². The van der Waals surface area contributed by atoms with Gasteiger partial charge in [0, 0.05) is 18.7 Å². The van der Waals surface area contributed by atoms with Gasteiger partial charge in [0.1, 0.15) is 0 Å². The molecule has 0 aromatic carbocycles. The van der Waals surface area contributed by atoms with Crippen molar-refractivity contribution in [2.45, 2.75) is 45.2 Å². The maximum atomic E-state index is 8.63. The Morgan fingerprint density at radius 1 is 1.64 bits per heavy atom. The molecule has 1 heterocycles. The average molecular weight is 196 g/mol. The predicted molar refractivity (Wildman–Crippen MR) is 55.8 cm³/mol. The number of rotatable bonds is 5. The molecular weight excluding hydrogens is 176 g/mol. The lowest BCUT2D eigenvalue weighted by atomic mass is 9.99. The van der Waals surface area contributed by atoms with Gasteiger partial charge in [-0.25, -0.2) is 0 Å². The van der Waals surface area contributed by atoms with Gasteiger partial charge in [0.25, 0.3) is 0 Å². The molecule has 1 fully saturated rings. The van der Waals surface area contributed by atoms with Crippen LogP contribution in [0.25, 0.3) is 0 Å². The summed E-state index contributed by atoms with van der Waals surface area (Å²) in [6, 6.07) is 3.03. The summed E-state index contributed by atoms with van der Waals surface area (Å²) in [6.45, 7) is 6.08. The van der Waals surface area contributed by atoms with E-state index in [1.807, 2.05) is 0 Å². The van der Waals surface area contributed by atoms with E-state index in [1.54, 1.807) is 0 Å². The Morgan fingerprint density at radius 2 is 2.43 bits per heavy atom. The third-order valence-electron chi connectivity index (χ3n) is 3.00. The quantitative estimate of drug-likeness (QED) is 0.728. The Balaban J connectivity index is 2.30. The molecule has 1 N–H and O–H groups in total. The smallest absolute Gasteiger partial charge is 0.0638 e. The average Bonchev–Trinajstić information content (AvgIpc) is 2.69. The summed E-state index contributed by atoms with van der Waals surface area (Å²) in [7, 11) is 0. The molecule has 0 aliphatic carbocycles. The Kier molecular flexibility index (Phi) is 4.92. The van der Waals surface area contributed by atoms with E-state index in [4.69, 9.17) is 10.00 Å². The van der Waals surface area contributed by atoms with E-state index in [-0.39, 0.29) is 0 Å². The van der Waals surface area contributed by atoms with E-state index in [0.717, 1.165) is 26.1 Å². The summed E-state index contributed by atoms with van der Waals surface area (Å²) in [5.74, 6) is 0.628. The molecule has 3 heteroatoms. The maximum Gasteiger partial charge on any atom is 0.0638 e. The van der Waals surface area contributed by atoms with Gasteiger partial charge in [-0.3, -0.25) is 0 Å². The summed E-state index contributed by atoms with van der Waals surface area (Å²) in [5, 5.41) is 12.1. The minimum absolute atomic E-state index is 0.343. The van der Waals surface area contributed by atoms with Crippen LogP contribution in [0, 0.1) is 17.2 Å². The first-order valence-corrected chi connectivity index (χ1v) is 5.48. The van der Waals surface area contributed by atoms with E-state index < -0.39 is 0 Å². The number of hydrogen-bond donors (Lipinski definition) is 1. The third kappa shape index (κ3) is 3.28. The molecule has 0 radical (unpaired) electrons. The molecule has 3 unspecified atom stereocenters. The molecular formula is C11H20N2O. The molecule has 1 aliphatic heterocycles. The van der Waals surface area contributed by atoms with Crippen LogP contribution in [0.2, 0.25) is 0 Å². The molecule has 1 rings (SSSR count). The van der Waals surface area contributed by atoms with Crippen molar-refractivity contribution in [2.24, 2.45) is 5.92 Å². The molecule has 0 saturated carbocycles. The van der Waals surface area contributed by atoms with E-state index >= 15 is 0 Å². The molecule has 0 amide bonds. The normalized spacial score (nSPS) is 25.6. The third-order valence-corrected chi connectivity index (χ3v) is 3.00. The lowest BCUT2D eigenvalue weighted by Gasteiger charge is -2.24. The summed E-state index contributed by atoms with van der Waals surface area (Å²) >= 11 is 0. The summed E-state index contributed by atoms with van der Waals surface area (Å²) in [5.41, 5.74) is 0. The zero-order valence-electron chi connectivity index (χ0n) is 9.12. The van der Waals surface area contributed by atoms with Crippen LogP contribution in [-0.4, -0.2) is 25.3 Å². The molecule has 3 nitrogen and oxygen atoms in total. The zero-order chi connectivity index (χ0) is 10.4. The highest BCUT2D eigenvalue weighted by atomic mass is 16.5. The van der Waals surface area contributed by atoms with Gasteiger partial charge in [-0.2, -0.15) is 5.26 Å². The second kappa shape index (κ2) is 6.00. The summed E-state index contributed by atoms with van der Waals surface area (Å²) in [4.78, 5) is 0. The van der Waals surface area contributed by atoms with Gasteiger partial charge in [-0.15, -0.1) is 0 Å². The van der Waals surface area contributed by atoms with Crippen LogP contribution in [0.3, 0.4) is 0 Å². The van der Waals surface area contributed by atoms with E-state index in [0.29, 0.717) is 24.4 Å². The number of nitrogens with zero attached hydrogens (tertiary/aromatic N) is 1. The van der Waals surface area contributed by atoms with Crippen molar-refractivity contribution in [3.8, 4) is 6.07 Å². The molecule has 1 aliphatic rings. The molecule has 0 spiro atoms. The first kappa shape index (κ1) is 11.5. The van der Waals surface area contributed by atoms with Crippen molar-refractivity contribution >= 4 is 0 Å². The van der Waals surface area contributed by atoms with Crippen LogP contribution in [0.5, 0.6) is 0 Å². The van der Waals surface area contributed by atoms with Crippen molar-refractivity contribution in [3.63, 3.8) is 0 Å². The number of hydrogen-bond acceptors (Lipinski definition) is 3. The predicted octanol–water partition coefficient (Wildman–Crippen LogP) is 1.69.